The number of anilines is 1. The highest BCUT2D eigenvalue weighted by atomic mass is 32.2. The van der Waals surface area contributed by atoms with E-state index in [1.54, 1.807) is 36.4 Å². The highest BCUT2D eigenvalue weighted by molar-refractivity contribution is 7.84. The topological polar surface area (TPSA) is 43.1 Å². The molecule has 18 heavy (non-hydrogen) atoms. The number of rotatable bonds is 3. The molecule has 1 atom stereocenters. The molecule has 0 aliphatic rings. The van der Waals surface area contributed by atoms with Gasteiger partial charge in [-0.15, -0.1) is 0 Å². The van der Waals surface area contributed by atoms with Crippen LogP contribution in [0.15, 0.2) is 47.4 Å². The van der Waals surface area contributed by atoms with Crippen LogP contribution in [0.3, 0.4) is 0 Å². The van der Waals surface area contributed by atoms with Crippen LogP contribution in [0, 0.1) is 12.7 Å². The fraction of sp³-hybridized carbons (Fsp3) is 0.143. The summed E-state index contributed by atoms with van der Waals surface area (Å²) < 4.78 is 25.7. The number of aryl methyl sites for hydroxylation is 1. The molecule has 94 valence electrons. The van der Waals surface area contributed by atoms with Crippen molar-refractivity contribution in [3.05, 3.63) is 59.4 Å². The van der Waals surface area contributed by atoms with Gasteiger partial charge in [-0.3, -0.25) is 4.21 Å². The zero-order valence-electron chi connectivity index (χ0n) is 10.0. The number of benzene rings is 2. The molecule has 0 aromatic heterocycles. The van der Waals surface area contributed by atoms with Crippen molar-refractivity contribution >= 4 is 16.5 Å². The molecule has 0 amide bonds. The smallest absolute Gasteiger partial charge is 0.127 e. The van der Waals surface area contributed by atoms with Gasteiger partial charge in [0.15, 0.2) is 0 Å². The van der Waals surface area contributed by atoms with E-state index in [1.165, 1.54) is 6.07 Å². The molecule has 2 rings (SSSR count). The van der Waals surface area contributed by atoms with E-state index in [9.17, 15) is 8.60 Å². The minimum absolute atomic E-state index is 0.178. The number of nitrogens with two attached hydrogens (primary N) is 1. The molecule has 2 aromatic carbocycles. The first-order valence-corrected chi connectivity index (χ1v) is 6.87. The van der Waals surface area contributed by atoms with Gasteiger partial charge >= 0.3 is 0 Å². The van der Waals surface area contributed by atoms with Crippen molar-refractivity contribution < 1.29 is 8.60 Å². The lowest BCUT2D eigenvalue weighted by Crippen LogP contribution is -2.01. The van der Waals surface area contributed by atoms with Crippen molar-refractivity contribution in [2.75, 3.05) is 5.73 Å². The predicted molar refractivity (Wildman–Crippen MR) is 72.1 cm³/mol. The summed E-state index contributed by atoms with van der Waals surface area (Å²) in [6, 6.07) is 11.6. The van der Waals surface area contributed by atoms with E-state index in [0.29, 0.717) is 16.1 Å². The van der Waals surface area contributed by atoms with E-state index in [1.807, 2.05) is 6.92 Å². The van der Waals surface area contributed by atoms with Crippen LogP contribution in [-0.2, 0) is 16.6 Å². The summed E-state index contributed by atoms with van der Waals surface area (Å²) in [5.74, 6) is -0.142. The third-order valence-electron chi connectivity index (χ3n) is 2.69. The first-order valence-electron chi connectivity index (χ1n) is 5.56. The maximum atomic E-state index is 13.5. The highest BCUT2D eigenvalue weighted by Gasteiger charge is 2.10. The molecule has 0 radical (unpaired) electrons. The second-order valence-corrected chi connectivity index (χ2v) is 5.53. The Hall–Kier alpha value is -1.68. The predicted octanol–water partition coefficient (Wildman–Crippen LogP) is 3.02. The summed E-state index contributed by atoms with van der Waals surface area (Å²) in [6.07, 6.45) is 0. The van der Waals surface area contributed by atoms with Gasteiger partial charge < -0.3 is 5.73 Å². The average molecular weight is 263 g/mol. The minimum Gasteiger partial charge on any atom is -0.399 e. The van der Waals surface area contributed by atoms with Crippen molar-refractivity contribution in [1.82, 2.24) is 0 Å². The molecular weight excluding hydrogens is 249 g/mol. The zero-order chi connectivity index (χ0) is 13.1. The normalized spacial score (nSPS) is 12.3. The van der Waals surface area contributed by atoms with Gasteiger partial charge in [-0.25, -0.2) is 4.39 Å². The van der Waals surface area contributed by atoms with Gasteiger partial charge in [0.05, 0.1) is 16.6 Å². The Bertz CT molecular complexity index is 598. The second kappa shape index (κ2) is 5.31. The van der Waals surface area contributed by atoms with Crippen LogP contribution in [0.4, 0.5) is 10.1 Å². The van der Waals surface area contributed by atoms with E-state index in [0.717, 1.165) is 5.56 Å². The fourth-order valence-corrected chi connectivity index (χ4v) is 3.07. The van der Waals surface area contributed by atoms with Crippen LogP contribution >= 0.6 is 0 Å². The summed E-state index contributed by atoms with van der Waals surface area (Å²) in [4.78, 5) is 0.701. The first kappa shape index (κ1) is 12.8. The van der Waals surface area contributed by atoms with Crippen LogP contribution in [0.1, 0.15) is 11.1 Å². The Morgan fingerprint density at radius 3 is 2.61 bits per heavy atom. The van der Waals surface area contributed by atoms with E-state index < -0.39 is 10.8 Å². The summed E-state index contributed by atoms with van der Waals surface area (Å²) in [6.45, 7) is 1.85. The maximum absolute atomic E-state index is 13.5. The third-order valence-corrected chi connectivity index (χ3v) is 4.21. The second-order valence-electron chi connectivity index (χ2n) is 4.11. The van der Waals surface area contributed by atoms with Gasteiger partial charge in [-0.1, -0.05) is 18.2 Å². The van der Waals surface area contributed by atoms with Gasteiger partial charge in [0.2, 0.25) is 0 Å². The molecule has 1 unspecified atom stereocenters. The van der Waals surface area contributed by atoms with E-state index >= 15 is 0 Å². The van der Waals surface area contributed by atoms with Crippen LogP contribution in [0.5, 0.6) is 0 Å². The Labute approximate surface area is 108 Å². The van der Waals surface area contributed by atoms with Gasteiger partial charge in [-0.05, 0) is 36.8 Å². The van der Waals surface area contributed by atoms with Crippen molar-refractivity contribution in [2.24, 2.45) is 0 Å². The molecule has 0 saturated heterocycles. The quantitative estimate of drug-likeness (QED) is 0.865. The standard InChI is InChI=1S/C14H14FNOS/c1-10-8-12(16)6-7-14(10)18(17)9-11-4-2-3-5-13(11)15/h2-8H,9,16H2,1H3. The van der Waals surface area contributed by atoms with E-state index in [-0.39, 0.29) is 11.6 Å². The molecule has 2 N–H and O–H groups in total. The molecule has 0 heterocycles. The molecule has 0 bridgehead atoms. The van der Waals surface area contributed by atoms with Crippen LogP contribution in [0.2, 0.25) is 0 Å². The number of hydrogen-bond donors (Lipinski definition) is 1. The number of hydrogen-bond acceptors (Lipinski definition) is 2. The lowest BCUT2D eigenvalue weighted by Gasteiger charge is -2.07. The molecule has 2 aromatic rings. The monoisotopic (exact) mass is 263 g/mol. The molecule has 0 saturated carbocycles. The Morgan fingerprint density at radius 1 is 1.22 bits per heavy atom. The van der Waals surface area contributed by atoms with Crippen molar-refractivity contribution in [2.45, 2.75) is 17.6 Å². The maximum Gasteiger partial charge on any atom is 0.127 e. The van der Waals surface area contributed by atoms with Gasteiger partial charge in [-0.2, -0.15) is 0 Å². The Balaban J connectivity index is 2.25. The first-order chi connectivity index (χ1) is 8.58. The van der Waals surface area contributed by atoms with E-state index in [4.69, 9.17) is 5.73 Å². The lowest BCUT2D eigenvalue weighted by molar-refractivity contribution is 0.615. The molecule has 4 heteroatoms. The summed E-state index contributed by atoms with van der Waals surface area (Å²) >= 11 is 0. The van der Waals surface area contributed by atoms with Crippen molar-refractivity contribution in [1.29, 1.82) is 0 Å². The molecule has 0 aliphatic carbocycles. The van der Waals surface area contributed by atoms with Crippen molar-refractivity contribution in [3.63, 3.8) is 0 Å². The summed E-state index contributed by atoms with van der Waals surface area (Å²) in [5, 5.41) is 0. The number of nitrogen functional groups attached to an aromatic ring is 1. The lowest BCUT2D eigenvalue weighted by atomic mass is 10.2. The Morgan fingerprint density at radius 2 is 1.94 bits per heavy atom. The summed E-state index contributed by atoms with van der Waals surface area (Å²) in [7, 11) is -1.26. The largest absolute Gasteiger partial charge is 0.399 e. The SMILES string of the molecule is Cc1cc(N)ccc1S(=O)Cc1ccccc1F. The fourth-order valence-electron chi connectivity index (χ4n) is 1.76. The Kier molecular flexibility index (Phi) is 3.77. The molecule has 0 fully saturated rings. The van der Waals surface area contributed by atoms with Crippen LogP contribution < -0.4 is 5.73 Å². The summed E-state index contributed by atoms with van der Waals surface area (Å²) in [5.41, 5.74) is 7.61. The molecule has 2 nitrogen and oxygen atoms in total. The van der Waals surface area contributed by atoms with Gasteiger partial charge in [0.25, 0.3) is 0 Å². The van der Waals surface area contributed by atoms with Gasteiger partial charge in [0, 0.05) is 16.1 Å². The highest BCUT2D eigenvalue weighted by Crippen LogP contribution is 2.20. The van der Waals surface area contributed by atoms with Crippen molar-refractivity contribution in [3.8, 4) is 0 Å². The molecule has 0 aliphatic heterocycles. The number of halogens is 1. The average Bonchev–Trinajstić information content (AvgIpc) is 2.32. The molecular formula is C14H14FNOS. The molecule has 0 spiro atoms. The van der Waals surface area contributed by atoms with Crippen LogP contribution in [-0.4, -0.2) is 4.21 Å². The minimum atomic E-state index is -1.26. The van der Waals surface area contributed by atoms with Gasteiger partial charge in [0.1, 0.15) is 5.82 Å². The zero-order valence-corrected chi connectivity index (χ0v) is 10.8. The van der Waals surface area contributed by atoms with Crippen LogP contribution in [0.25, 0.3) is 0 Å². The van der Waals surface area contributed by atoms with E-state index in [2.05, 4.69) is 0 Å². The third kappa shape index (κ3) is 2.76.